The maximum atomic E-state index is 12.8. The van der Waals surface area contributed by atoms with Gasteiger partial charge in [-0.3, -0.25) is 4.79 Å². The molecule has 1 aliphatic rings. The summed E-state index contributed by atoms with van der Waals surface area (Å²) in [7, 11) is 0. The fraction of sp³-hybridized carbons (Fsp3) is 0.409. The van der Waals surface area contributed by atoms with Gasteiger partial charge in [0.05, 0.1) is 12.7 Å². The number of halogens is 1. The fourth-order valence-corrected chi connectivity index (χ4v) is 2.92. The van der Waals surface area contributed by atoms with Gasteiger partial charge in [-0.2, -0.15) is 0 Å². The van der Waals surface area contributed by atoms with Crippen LogP contribution in [0.3, 0.4) is 0 Å². The molecule has 6 heteroatoms. The average Bonchev–Trinajstić information content (AvgIpc) is 3.24. The monoisotopic (exact) mass is 387 g/mol. The van der Waals surface area contributed by atoms with E-state index in [1.807, 2.05) is 0 Å². The van der Waals surface area contributed by atoms with Crippen LogP contribution in [0.25, 0.3) is 0 Å². The number of ether oxygens (including phenoxy) is 3. The number of nitrogens with one attached hydrogen (secondary N) is 1. The van der Waals surface area contributed by atoms with Gasteiger partial charge >= 0.3 is 0 Å². The Bertz CT molecular complexity index is 727. The van der Waals surface area contributed by atoms with Crippen molar-refractivity contribution < 1.29 is 23.4 Å². The Morgan fingerprint density at radius 2 is 1.75 bits per heavy atom. The molecule has 1 amide bonds. The molecule has 1 N–H and O–H groups in total. The lowest BCUT2D eigenvalue weighted by Gasteiger charge is -2.12. The van der Waals surface area contributed by atoms with Crippen LogP contribution >= 0.6 is 0 Å². The van der Waals surface area contributed by atoms with Crippen LogP contribution in [-0.2, 0) is 4.74 Å². The van der Waals surface area contributed by atoms with Crippen molar-refractivity contribution in [2.45, 2.75) is 31.8 Å². The zero-order valence-corrected chi connectivity index (χ0v) is 15.9. The van der Waals surface area contributed by atoms with Crippen molar-refractivity contribution in [3.63, 3.8) is 0 Å². The molecule has 0 aliphatic carbocycles. The van der Waals surface area contributed by atoms with Crippen LogP contribution in [0.2, 0.25) is 0 Å². The first-order chi connectivity index (χ1) is 13.7. The predicted molar refractivity (Wildman–Crippen MR) is 104 cm³/mol. The van der Waals surface area contributed by atoms with Crippen LogP contribution in [0.15, 0.2) is 48.5 Å². The molecule has 0 radical (unpaired) electrons. The number of hydrogen-bond donors (Lipinski definition) is 1. The van der Waals surface area contributed by atoms with E-state index < -0.39 is 0 Å². The summed E-state index contributed by atoms with van der Waals surface area (Å²) in [6.45, 7) is 2.46. The van der Waals surface area contributed by atoms with Gasteiger partial charge in [0, 0.05) is 18.7 Å². The number of benzene rings is 2. The summed E-state index contributed by atoms with van der Waals surface area (Å²) in [5.74, 6) is 1.000. The Kier molecular flexibility index (Phi) is 7.67. The SMILES string of the molecule is O=C(NCCCCOc1ccc(F)cc1)c1ccc(OCC2CCCO2)cc1. The predicted octanol–water partition coefficient (Wildman–Crippen LogP) is 3.97. The zero-order valence-electron chi connectivity index (χ0n) is 15.9. The van der Waals surface area contributed by atoms with Crippen molar-refractivity contribution in [1.29, 1.82) is 0 Å². The third kappa shape index (κ3) is 6.53. The van der Waals surface area contributed by atoms with Gasteiger partial charge in [-0.1, -0.05) is 0 Å². The highest BCUT2D eigenvalue weighted by molar-refractivity contribution is 5.94. The van der Waals surface area contributed by atoms with Gasteiger partial charge in [0.15, 0.2) is 0 Å². The Morgan fingerprint density at radius 1 is 1.04 bits per heavy atom. The van der Waals surface area contributed by atoms with E-state index in [2.05, 4.69) is 5.32 Å². The van der Waals surface area contributed by atoms with Crippen LogP contribution in [0.5, 0.6) is 11.5 Å². The molecule has 1 unspecified atom stereocenters. The lowest BCUT2D eigenvalue weighted by atomic mass is 10.2. The summed E-state index contributed by atoms with van der Waals surface area (Å²) >= 11 is 0. The van der Waals surface area contributed by atoms with Crippen LogP contribution in [0.1, 0.15) is 36.0 Å². The maximum absolute atomic E-state index is 12.8. The maximum Gasteiger partial charge on any atom is 0.251 e. The standard InChI is InChI=1S/C22H26FNO4/c23-18-7-11-19(12-8-18)26-14-2-1-13-24-22(25)17-5-9-20(10-6-17)28-16-21-4-3-15-27-21/h5-12,21H,1-4,13-16H2,(H,24,25). The number of rotatable bonds is 10. The molecule has 150 valence electrons. The minimum absolute atomic E-state index is 0.106. The first-order valence-electron chi connectivity index (χ1n) is 9.72. The van der Waals surface area contributed by atoms with Crippen molar-refractivity contribution in [3.8, 4) is 11.5 Å². The number of hydrogen-bond acceptors (Lipinski definition) is 4. The normalized spacial score (nSPS) is 16.0. The zero-order chi connectivity index (χ0) is 19.6. The molecule has 28 heavy (non-hydrogen) atoms. The molecule has 1 fully saturated rings. The van der Waals surface area contributed by atoms with E-state index in [0.29, 0.717) is 31.1 Å². The van der Waals surface area contributed by atoms with Gasteiger partial charge in [0.1, 0.15) is 23.9 Å². The van der Waals surface area contributed by atoms with Crippen LogP contribution in [-0.4, -0.2) is 38.4 Å². The summed E-state index contributed by atoms with van der Waals surface area (Å²) in [5, 5.41) is 2.90. The summed E-state index contributed by atoms with van der Waals surface area (Å²) in [4.78, 5) is 12.2. The third-order valence-corrected chi connectivity index (χ3v) is 4.52. The molecule has 2 aromatic carbocycles. The highest BCUT2D eigenvalue weighted by Gasteiger charge is 2.16. The van der Waals surface area contributed by atoms with E-state index in [1.165, 1.54) is 12.1 Å². The first-order valence-corrected chi connectivity index (χ1v) is 9.72. The van der Waals surface area contributed by atoms with Crippen molar-refractivity contribution in [1.82, 2.24) is 5.32 Å². The van der Waals surface area contributed by atoms with Crippen LogP contribution in [0, 0.1) is 5.82 Å². The molecule has 1 aliphatic heterocycles. The van der Waals surface area contributed by atoms with E-state index in [0.717, 1.165) is 38.0 Å². The van der Waals surface area contributed by atoms with E-state index in [-0.39, 0.29) is 17.8 Å². The van der Waals surface area contributed by atoms with E-state index >= 15 is 0 Å². The molecule has 1 atom stereocenters. The molecule has 2 aromatic rings. The highest BCUT2D eigenvalue weighted by atomic mass is 19.1. The minimum atomic E-state index is -0.280. The molecule has 3 rings (SSSR count). The smallest absolute Gasteiger partial charge is 0.251 e. The summed E-state index contributed by atoms with van der Waals surface area (Å²) in [6.07, 6.45) is 3.90. The van der Waals surface area contributed by atoms with Crippen molar-refractivity contribution in [2.75, 3.05) is 26.4 Å². The Hall–Kier alpha value is -2.60. The van der Waals surface area contributed by atoms with Crippen LogP contribution in [0.4, 0.5) is 4.39 Å². The Morgan fingerprint density at radius 3 is 2.46 bits per heavy atom. The van der Waals surface area contributed by atoms with E-state index in [9.17, 15) is 9.18 Å². The summed E-state index contributed by atoms with van der Waals surface area (Å²) in [5.41, 5.74) is 0.604. The molecular formula is C22H26FNO4. The van der Waals surface area contributed by atoms with Crippen molar-refractivity contribution in [2.24, 2.45) is 0 Å². The number of amides is 1. The molecule has 0 aromatic heterocycles. The van der Waals surface area contributed by atoms with Gasteiger partial charge in [0.25, 0.3) is 5.91 Å². The molecular weight excluding hydrogens is 361 g/mol. The van der Waals surface area contributed by atoms with Crippen molar-refractivity contribution in [3.05, 3.63) is 59.9 Å². The number of carbonyl (C=O) groups excluding carboxylic acids is 1. The number of unbranched alkanes of at least 4 members (excludes halogenated alkanes) is 1. The van der Waals surface area contributed by atoms with Gasteiger partial charge in [-0.15, -0.1) is 0 Å². The fourth-order valence-electron chi connectivity index (χ4n) is 2.92. The summed E-state index contributed by atoms with van der Waals surface area (Å²) in [6, 6.07) is 13.1. The molecule has 5 nitrogen and oxygen atoms in total. The molecule has 0 saturated carbocycles. The lowest BCUT2D eigenvalue weighted by Crippen LogP contribution is -2.24. The quantitative estimate of drug-likeness (QED) is 0.627. The molecule has 1 heterocycles. The highest BCUT2D eigenvalue weighted by Crippen LogP contribution is 2.16. The van der Waals surface area contributed by atoms with E-state index in [1.54, 1.807) is 36.4 Å². The van der Waals surface area contributed by atoms with Gasteiger partial charge in [0.2, 0.25) is 0 Å². The lowest BCUT2D eigenvalue weighted by molar-refractivity contribution is 0.0679. The molecule has 0 bridgehead atoms. The second-order valence-electron chi connectivity index (χ2n) is 6.74. The van der Waals surface area contributed by atoms with Gasteiger partial charge in [-0.25, -0.2) is 4.39 Å². The Labute approximate surface area is 164 Å². The summed E-state index contributed by atoms with van der Waals surface area (Å²) < 4.78 is 29.6. The van der Waals surface area contributed by atoms with Crippen LogP contribution < -0.4 is 14.8 Å². The van der Waals surface area contributed by atoms with Gasteiger partial charge in [-0.05, 0) is 74.2 Å². The Balaban J connectivity index is 1.29. The van der Waals surface area contributed by atoms with Gasteiger partial charge < -0.3 is 19.5 Å². The minimum Gasteiger partial charge on any atom is -0.494 e. The number of carbonyl (C=O) groups is 1. The molecule has 1 saturated heterocycles. The molecule has 0 spiro atoms. The topological polar surface area (TPSA) is 56.8 Å². The van der Waals surface area contributed by atoms with E-state index in [4.69, 9.17) is 14.2 Å². The average molecular weight is 387 g/mol. The third-order valence-electron chi connectivity index (χ3n) is 4.52. The second-order valence-corrected chi connectivity index (χ2v) is 6.74. The largest absolute Gasteiger partial charge is 0.494 e. The second kappa shape index (κ2) is 10.7. The van der Waals surface area contributed by atoms with Crippen molar-refractivity contribution >= 4 is 5.91 Å². The first kappa shape index (κ1) is 20.1.